The van der Waals surface area contributed by atoms with E-state index >= 15 is 0 Å². The Hall–Kier alpha value is -1.71. The zero-order chi connectivity index (χ0) is 14.5. The summed E-state index contributed by atoms with van der Waals surface area (Å²) in [6.45, 7) is 3.22. The molecule has 1 unspecified atom stereocenters. The minimum absolute atomic E-state index is 0.285. The maximum atomic E-state index is 4.85. The highest BCUT2D eigenvalue weighted by molar-refractivity contribution is 7.09. The van der Waals surface area contributed by atoms with E-state index in [1.165, 1.54) is 10.3 Å². The van der Waals surface area contributed by atoms with Gasteiger partial charge in [0.1, 0.15) is 0 Å². The highest BCUT2D eigenvalue weighted by Gasteiger charge is 2.14. The minimum Gasteiger partial charge on any atom is -0.308 e. The highest BCUT2D eigenvalue weighted by atomic mass is 32.1. The van der Waals surface area contributed by atoms with E-state index in [0.717, 1.165) is 30.6 Å². The van der Waals surface area contributed by atoms with Crippen LogP contribution in [0, 0.1) is 0 Å². The van der Waals surface area contributed by atoms with Crippen molar-refractivity contribution in [1.82, 2.24) is 10.3 Å². The third-order valence-corrected chi connectivity index (χ3v) is 4.50. The van der Waals surface area contributed by atoms with E-state index in [1.54, 1.807) is 0 Å². The summed E-state index contributed by atoms with van der Waals surface area (Å²) in [6, 6.07) is 17.2. The van der Waals surface area contributed by atoms with Crippen molar-refractivity contribution < 1.29 is 0 Å². The van der Waals surface area contributed by atoms with Gasteiger partial charge in [0.15, 0.2) is 0 Å². The molecule has 0 radical (unpaired) electrons. The van der Waals surface area contributed by atoms with E-state index in [1.807, 2.05) is 17.4 Å². The molecule has 0 amide bonds. The van der Waals surface area contributed by atoms with Crippen molar-refractivity contribution in [3.63, 3.8) is 0 Å². The Morgan fingerprint density at radius 2 is 2.00 bits per heavy atom. The quantitative estimate of drug-likeness (QED) is 0.720. The number of nitrogens with one attached hydrogen (secondary N) is 1. The number of aromatic nitrogens is 1. The average molecular weight is 296 g/mol. The maximum Gasteiger partial charge on any atom is 0.0706 e. The summed E-state index contributed by atoms with van der Waals surface area (Å²) in [5, 5.41) is 6.97. The van der Waals surface area contributed by atoms with Crippen LogP contribution < -0.4 is 5.32 Å². The summed E-state index contributed by atoms with van der Waals surface area (Å²) in [5.41, 5.74) is 2.21. The molecule has 3 aromatic rings. The summed E-state index contributed by atoms with van der Waals surface area (Å²) in [4.78, 5) is 6.25. The predicted octanol–water partition coefficient (Wildman–Crippen LogP) is 4.58. The second-order valence-electron chi connectivity index (χ2n) is 5.22. The van der Waals surface area contributed by atoms with Crippen LogP contribution in [0.5, 0.6) is 0 Å². The third kappa shape index (κ3) is 3.49. The fourth-order valence-electron chi connectivity index (χ4n) is 2.51. The fraction of sp³-hybridized carbons (Fsp3) is 0.278. The Kier molecular flexibility index (Phi) is 4.63. The molecule has 0 saturated carbocycles. The lowest BCUT2D eigenvalue weighted by Gasteiger charge is -2.18. The molecule has 0 aliphatic heterocycles. The van der Waals surface area contributed by atoms with Crippen LogP contribution in [0.25, 0.3) is 10.9 Å². The van der Waals surface area contributed by atoms with Crippen LogP contribution in [0.15, 0.2) is 53.9 Å². The first-order valence-corrected chi connectivity index (χ1v) is 8.36. The van der Waals surface area contributed by atoms with Gasteiger partial charge in [-0.25, -0.2) is 0 Å². The molecule has 0 aliphatic rings. The van der Waals surface area contributed by atoms with Gasteiger partial charge in [-0.1, -0.05) is 37.3 Å². The summed E-state index contributed by atoms with van der Waals surface area (Å²) < 4.78 is 0. The molecule has 3 rings (SSSR count). The summed E-state index contributed by atoms with van der Waals surface area (Å²) >= 11 is 1.82. The van der Waals surface area contributed by atoms with E-state index in [2.05, 4.69) is 60.1 Å². The zero-order valence-corrected chi connectivity index (χ0v) is 13.1. The molecule has 0 aliphatic carbocycles. The average Bonchev–Trinajstić information content (AvgIpc) is 3.04. The van der Waals surface area contributed by atoms with Crippen molar-refractivity contribution in [2.24, 2.45) is 0 Å². The molecule has 0 fully saturated rings. The first kappa shape index (κ1) is 14.2. The first-order valence-electron chi connectivity index (χ1n) is 7.48. The van der Waals surface area contributed by atoms with E-state index in [-0.39, 0.29) is 6.04 Å². The Morgan fingerprint density at radius 1 is 1.10 bits per heavy atom. The molecule has 2 nitrogen and oxygen atoms in total. The van der Waals surface area contributed by atoms with Gasteiger partial charge in [-0.2, -0.15) is 0 Å². The summed E-state index contributed by atoms with van der Waals surface area (Å²) in [5.74, 6) is 0. The summed E-state index contributed by atoms with van der Waals surface area (Å²) in [7, 11) is 0. The van der Waals surface area contributed by atoms with Crippen molar-refractivity contribution in [1.29, 1.82) is 0 Å². The highest BCUT2D eigenvalue weighted by Crippen LogP contribution is 2.22. The molecule has 2 heterocycles. The molecule has 21 heavy (non-hydrogen) atoms. The second-order valence-corrected chi connectivity index (χ2v) is 6.25. The fourth-order valence-corrected chi connectivity index (χ4v) is 3.26. The van der Waals surface area contributed by atoms with Gasteiger partial charge in [-0.05, 0) is 36.5 Å². The van der Waals surface area contributed by atoms with E-state index in [0.29, 0.717) is 0 Å². The number of thiophene rings is 1. The van der Waals surface area contributed by atoms with Gasteiger partial charge in [-0.3, -0.25) is 4.98 Å². The molecular formula is C18H20N2S. The molecular weight excluding hydrogens is 276 g/mol. The Balaban J connectivity index is 1.89. The van der Waals surface area contributed by atoms with Crippen LogP contribution in [-0.4, -0.2) is 11.5 Å². The second kappa shape index (κ2) is 6.83. The Labute approximate surface area is 129 Å². The number of hydrogen-bond acceptors (Lipinski definition) is 3. The van der Waals surface area contributed by atoms with Crippen molar-refractivity contribution in [2.45, 2.75) is 25.8 Å². The number of pyridine rings is 1. The van der Waals surface area contributed by atoms with E-state index < -0.39 is 0 Å². The largest absolute Gasteiger partial charge is 0.308 e. The van der Waals surface area contributed by atoms with Crippen LogP contribution in [0.3, 0.4) is 0 Å². The molecule has 2 aromatic heterocycles. The lowest BCUT2D eigenvalue weighted by molar-refractivity contribution is 0.522. The molecule has 1 N–H and O–H groups in total. The van der Waals surface area contributed by atoms with Gasteiger partial charge in [0, 0.05) is 16.7 Å². The van der Waals surface area contributed by atoms with Crippen LogP contribution in [0.1, 0.15) is 30.0 Å². The van der Waals surface area contributed by atoms with Gasteiger partial charge in [-0.15, -0.1) is 11.3 Å². The Bertz CT molecular complexity index is 691. The lowest BCUT2D eigenvalue weighted by atomic mass is 10.1. The van der Waals surface area contributed by atoms with Gasteiger partial charge in [0.25, 0.3) is 0 Å². The van der Waals surface area contributed by atoms with Crippen LogP contribution in [0.4, 0.5) is 0 Å². The monoisotopic (exact) mass is 296 g/mol. The maximum absolute atomic E-state index is 4.85. The number of rotatable bonds is 6. The minimum atomic E-state index is 0.285. The van der Waals surface area contributed by atoms with Crippen molar-refractivity contribution >= 4 is 22.2 Å². The molecule has 108 valence electrons. The molecule has 1 aromatic carbocycles. The van der Waals surface area contributed by atoms with Crippen molar-refractivity contribution in [3.8, 4) is 0 Å². The molecule has 0 saturated heterocycles. The topological polar surface area (TPSA) is 24.9 Å². The normalized spacial score (nSPS) is 12.6. The smallest absolute Gasteiger partial charge is 0.0706 e. The van der Waals surface area contributed by atoms with E-state index in [4.69, 9.17) is 4.98 Å². The predicted molar refractivity (Wildman–Crippen MR) is 90.8 cm³/mol. The SMILES string of the molecule is CCCNC(Cc1cccs1)c1ccc2ccccc2n1. The first-order chi connectivity index (χ1) is 10.4. The number of hydrogen-bond donors (Lipinski definition) is 1. The van der Waals surface area contributed by atoms with Gasteiger partial charge >= 0.3 is 0 Å². The number of benzene rings is 1. The van der Waals surface area contributed by atoms with Crippen LogP contribution >= 0.6 is 11.3 Å². The lowest BCUT2D eigenvalue weighted by Crippen LogP contribution is -2.24. The number of nitrogens with zero attached hydrogens (tertiary/aromatic N) is 1. The van der Waals surface area contributed by atoms with Crippen molar-refractivity contribution in [2.75, 3.05) is 6.54 Å². The third-order valence-electron chi connectivity index (χ3n) is 3.60. The molecule has 1 atom stereocenters. The molecule has 0 bridgehead atoms. The van der Waals surface area contributed by atoms with Gasteiger partial charge < -0.3 is 5.32 Å². The van der Waals surface area contributed by atoms with Gasteiger partial charge in [0.05, 0.1) is 17.3 Å². The number of fused-ring (bicyclic) bond motifs is 1. The number of para-hydroxylation sites is 1. The van der Waals surface area contributed by atoms with Gasteiger partial charge in [0.2, 0.25) is 0 Å². The van der Waals surface area contributed by atoms with E-state index in [9.17, 15) is 0 Å². The molecule has 0 spiro atoms. The summed E-state index contributed by atoms with van der Waals surface area (Å²) in [6.07, 6.45) is 2.14. The molecule has 3 heteroatoms. The zero-order valence-electron chi connectivity index (χ0n) is 12.3. The van der Waals surface area contributed by atoms with Crippen LogP contribution in [-0.2, 0) is 6.42 Å². The standard InChI is InChI=1S/C18H20N2S/c1-2-11-19-18(13-15-7-5-12-21-15)17-10-9-14-6-3-4-8-16(14)20-17/h3-10,12,18-19H,2,11,13H2,1H3. The Morgan fingerprint density at radius 3 is 2.81 bits per heavy atom. The van der Waals surface area contributed by atoms with Crippen molar-refractivity contribution in [3.05, 3.63) is 64.5 Å². The van der Waals surface area contributed by atoms with Crippen LogP contribution in [0.2, 0.25) is 0 Å².